The van der Waals surface area contributed by atoms with E-state index < -0.39 is 17.7 Å². The van der Waals surface area contributed by atoms with Gasteiger partial charge in [0.15, 0.2) is 5.78 Å². The first kappa shape index (κ1) is 19.3. The molecule has 1 N–H and O–H groups in total. The standard InChI is InChI=1S/C17H26O4/c1-7-17(6,20)11-16(21-14(5)18)10-13(4)9-15(19)8-12(2)3/h7-8,10,16,20H,1,9,11H2,2-6H3/b13-10+/t16-,17+/m0/s1. The Balaban J connectivity index is 4.96. The largest absolute Gasteiger partial charge is 0.458 e. The van der Waals surface area contributed by atoms with Crippen LogP contribution in [0.1, 0.15) is 47.5 Å². The van der Waals surface area contributed by atoms with E-state index in [4.69, 9.17) is 4.74 Å². The van der Waals surface area contributed by atoms with Crippen molar-refractivity contribution >= 4 is 11.8 Å². The van der Waals surface area contributed by atoms with Gasteiger partial charge in [0.1, 0.15) is 6.10 Å². The van der Waals surface area contributed by atoms with Gasteiger partial charge in [0.25, 0.3) is 0 Å². The van der Waals surface area contributed by atoms with Gasteiger partial charge >= 0.3 is 5.97 Å². The molecule has 0 saturated carbocycles. The highest BCUT2D eigenvalue weighted by Gasteiger charge is 2.23. The van der Waals surface area contributed by atoms with Gasteiger partial charge in [-0.1, -0.05) is 17.2 Å². The Morgan fingerprint density at radius 2 is 1.86 bits per heavy atom. The predicted molar refractivity (Wildman–Crippen MR) is 83.8 cm³/mol. The summed E-state index contributed by atoms with van der Waals surface area (Å²) in [6.45, 7) is 12.0. The fourth-order valence-corrected chi connectivity index (χ4v) is 1.86. The summed E-state index contributed by atoms with van der Waals surface area (Å²) in [4.78, 5) is 22.9. The second-order valence-corrected chi connectivity index (χ2v) is 5.79. The summed E-state index contributed by atoms with van der Waals surface area (Å²) < 4.78 is 5.17. The molecule has 0 radical (unpaired) electrons. The van der Waals surface area contributed by atoms with E-state index in [0.29, 0.717) is 0 Å². The molecule has 0 aromatic carbocycles. The molecular formula is C17H26O4. The second-order valence-electron chi connectivity index (χ2n) is 5.79. The molecule has 21 heavy (non-hydrogen) atoms. The van der Waals surface area contributed by atoms with Gasteiger partial charge in [-0.05, 0) is 39.8 Å². The van der Waals surface area contributed by atoms with Gasteiger partial charge in [-0.3, -0.25) is 9.59 Å². The van der Waals surface area contributed by atoms with Gasteiger partial charge in [0.05, 0.1) is 5.60 Å². The number of rotatable bonds is 8. The smallest absolute Gasteiger partial charge is 0.303 e. The molecule has 0 fully saturated rings. The fraction of sp³-hybridized carbons (Fsp3) is 0.529. The summed E-state index contributed by atoms with van der Waals surface area (Å²) in [6.07, 6.45) is 4.56. The SMILES string of the molecule is C=C[C@@](C)(O)C[C@H](/C=C(\C)CC(=O)C=C(C)C)OC(C)=O. The minimum absolute atomic E-state index is 0.000746. The van der Waals surface area contributed by atoms with E-state index in [2.05, 4.69) is 6.58 Å². The van der Waals surface area contributed by atoms with Gasteiger partial charge < -0.3 is 9.84 Å². The second kappa shape index (κ2) is 8.57. The minimum Gasteiger partial charge on any atom is -0.458 e. The number of hydrogen-bond acceptors (Lipinski definition) is 4. The van der Waals surface area contributed by atoms with Crippen LogP contribution in [0.3, 0.4) is 0 Å². The van der Waals surface area contributed by atoms with Crippen LogP contribution < -0.4 is 0 Å². The molecule has 0 rings (SSSR count). The molecule has 0 aliphatic rings. The summed E-state index contributed by atoms with van der Waals surface area (Å²) >= 11 is 0. The van der Waals surface area contributed by atoms with Crippen LogP contribution in [0.2, 0.25) is 0 Å². The zero-order chi connectivity index (χ0) is 16.6. The summed E-state index contributed by atoms with van der Waals surface area (Å²) in [7, 11) is 0. The van der Waals surface area contributed by atoms with Gasteiger partial charge in [-0.25, -0.2) is 0 Å². The molecule has 2 atom stereocenters. The molecule has 0 aromatic heterocycles. The highest BCUT2D eigenvalue weighted by Crippen LogP contribution is 2.18. The van der Waals surface area contributed by atoms with E-state index in [1.165, 1.54) is 13.0 Å². The normalized spacial score (nSPS) is 15.6. The zero-order valence-corrected chi connectivity index (χ0v) is 13.6. The number of carbonyl (C=O) groups excluding carboxylic acids is 2. The quantitative estimate of drug-likeness (QED) is 0.424. The average molecular weight is 294 g/mol. The number of allylic oxidation sites excluding steroid dienone is 3. The van der Waals surface area contributed by atoms with Crippen molar-refractivity contribution in [2.75, 3.05) is 0 Å². The Labute approximate surface area is 127 Å². The number of ketones is 1. The van der Waals surface area contributed by atoms with Gasteiger partial charge in [-0.2, -0.15) is 0 Å². The van der Waals surface area contributed by atoms with Crippen LogP contribution in [-0.2, 0) is 14.3 Å². The van der Waals surface area contributed by atoms with E-state index >= 15 is 0 Å². The van der Waals surface area contributed by atoms with Gasteiger partial charge in [-0.15, -0.1) is 6.58 Å². The summed E-state index contributed by atoms with van der Waals surface area (Å²) in [6, 6.07) is 0. The first-order chi connectivity index (χ1) is 9.55. The van der Waals surface area contributed by atoms with Crippen molar-refractivity contribution in [1.82, 2.24) is 0 Å². The molecule has 4 nitrogen and oxygen atoms in total. The van der Waals surface area contributed by atoms with E-state index in [1.807, 2.05) is 13.8 Å². The van der Waals surface area contributed by atoms with Crippen LogP contribution in [0, 0.1) is 0 Å². The number of ether oxygens (including phenoxy) is 1. The van der Waals surface area contributed by atoms with Crippen LogP contribution in [0.25, 0.3) is 0 Å². The summed E-state index contributed by atoms with van der Waals surface area (Å²) in [5.41, 5.74) is 0.600. The van der Waals surface area contributed by atoms with E-state index in [9.17, 15) is 14.7 Å². The Morgan fingerprint density at radius 1 is 1.29 bits per heavy atom. The van der Waals surface area contributed by atoms with Gasteiger partial charge in [0.2, 0.25) is 0 Å². The monoisotopic (exact) mass is 294 g/mol. The maximum atomic E-state index is 11.7. The lowest BCUT2D eigenvalue weighted by Gasteiger charge is -2.23. The molecule has 0 spiro atoms. The first-order valence-corrected chi connectivity index (χ1v) is 6.94. The molecule has 118 valence electrons. The van der Waals surface area contributed by atoms with Crippen molar-refractivity contribution < 1.29 is 19.4 Å². The molecule has 0 aromatic rings. The number of hydrogen-bond donors (Lipinski definition) is 1. The molecule has 0 heterocycles. The van der Waals surface area contributed by atoms with Crippen molar-refractivity contribution in [2.45, 2.75) is 59.2 Å². The molecule has 0 aliphatic carbocycles. The molecule has 0 aliphatic heterocycles. The average Bonchev–Trinajstić information content (AvgIpc) is 2.25. The van der Waals surface area contributed by atoms with Crippen LogP contribution in [0.15, 0.2) is 36.0 Å². The molecule has 0 bridgehead atoms. The third-order valence-electron chi connectivity index (χ3n) is 2.74. The number of carbonyl (C=O) groups is 2. The van der Waals surface area contributed by atoms with Crippen LogP contribution in [-0.4, -0.2) is 28.6 Å². The third-order valence-corrected chi connectivity index (χ3v) is 2.74. The zero-order valence-electron chi connectivity index (χ0n) is 13.6. The van der Waals surface area contributed by atoms with Crippen molar-refractivity contribution in [3.63, 3.8) is 0 Å². The van der Waals surface area contributed by atoms with Crippen molar-refractivity contribution in [3.8, 4) is 0 Å². The fourth-order valence-electron chi connectivity index (χ4n) is 1.86. The first-order valence-electron chi connectivity index (χ1n) is 6.94. The highest BCUT2D eigenvalue weighted by molar-refractivity contribution is 5.91. The van der Waals surface area contributed by atoms with Crippen LogP contribution >= 0.6 is 0 Å². The molecule has 0 saturated heterocycles. The van der Waals surface area contributed by atoms with Crippen LogP contribution in [0.4, 0.5) is 0 Å². The van der Waals surface area contributed by atoms with E-state index in [0.717, 1.165) is 11.1 Å². The minimum atomic E-state index is -1.14. The van der Waals surface area contributed by atoms with E-state index in [1.54, 1.807) is 26.0 Å². The molecule has 0 amide bonds. The predicted octanol–water partition coefficient (Wildman–Crippen LogP) is 3.12. The lowest BCUT2D eigenvalue weighted by Crippen LogP contribution is -2.29. The van der Waals surface area contributed by atoms with Gasteiger partial charge in [0, 0.05) is 19.8 Å². The third kappa shape index (κ3) is 9.79. The van der Waals surface area contributed by atoms with Crippen molar-refractivity contribution in [3.05, 3.63) is 36.0 Å². The maximum Gasteiger partial charge on any atom is 0.303 e. The summed E-state index contributed by atoms with van der Waals surface area (Å²) in [5.74, 6) is -0.430. The number of aliphatic hydroxyl groups is 1. The maximum absolute atomic E-state index is 11.7. The van der Waals surface area contributed by atoms with E-state index in [-0.39, 0.29) is 18.6 Å². The Bertz CT molecular complexity index is 451. The number of esters is 1. The highest BCUT2D eigenvalue weighted by atomic mass is 16.5. The van der Waals surface area contributed by atoms with Crippen molar-refractivity contribution in [1.29, 1.82) is 0 Å². The lowest BCUT2D eigenvalue weighted by atomic mass is 9.96. The topological polar surface area (TPSA) is 63.6 Å². The van der Waals surface area contributed by atoms with Crippen LogP contribution in [0.5, 0.6) is 0 Å². The Kier molecular flexibility index (Phi) is 7.89. The Hall–Kier alpha value is -1.68. The summed E-state index contributed by atoms with van der Waals surface area (Å²) in [5, 5.41) is 10.0. The van der Waals surface area contributed by atoms with Crippen molar-refractivity contribution in [2.24, 2.45) is 0 Å². The molecule has 4 heteroatoms. The Morgan fingerprint density at radius 3 is 2.29 bits per heavy atom. The molecular weight excluding hydrogens is 268 g/mol. The molecule has 0 unspecified atom stereocenters. The lowest BCUT2D eigenvalue weighted by molar-refractivity contribution is -0.145.